The van der Waals surface area contributed by atoms with Crippen LogP contribution in [0.15, 0.2) is 42.5 Å². The van der Waals surface area contributed by atoms with Gasteiger partial charge in [0, 0.05) is 0 Å². The topological polar surface area (TPSA) is 0 Å². The number of hydrogen-bond donors (Lipinski definition) is 0. The van der Waals surface area contributed by atoms with Crippen LogP contribution in [0.3, 0.4) is 0 Å². The minimum Gasteiger partial charge on any atom is -1.00 e. The first kappa shape index (κ1) is 17.7. The molecule has 0 nitrogen and oxygen atoms in total. The van der Waals surface area contributed by atoms with Crippen molar-refractivity contribution >= 4 is 11.6 Å². The summed E-state index contributed by atoms with van der Waals surface area (Å²) in [6.45, 7) is 4.36. The maximum absolute atomic E-state index is 2.38. The quantitative estimate of drug-likeness (QED) is 0.445. The zero-order valence-corrected chi connectivity index (χ0v) is 16.6. The van der Waals surface area contributed by atoms with Crippen LogP contribution >= 0.6 is 0 Å². The fourth-order valence-corrected chi connectivity index (χ4v) is 4.56. The standard InChI is InChI=1S/C17H15.2ClH.Hf/c1-12-7-13(2)9-16(8-12)17-10-14-5-3-4-6-15(14)11-17;;;/h3-11H,1-2H3;2*1H;/q;;;+2/p-2. The largest absolute Gasteiger partial charge is 1.00 e. The molecule has 2 aromatic rings. The Balaban J connectivity index is 0.000001000. The number of benzene rings is 2. The summed E-state index contributed by atoms with van der Waals surface area (Å²) in [5.41, 5.74) is 8.55. The van der Waals surface area contributed by atoms with Gasteiger partial charge in [0.25, 0.3) is 0 Å². The van der Waals surface area contributed by atoms with Crippen molar-refractivity contribution in [3.05, 3.63) is 70.3 Å². The molecule has 3 rings (SSSR count). The van der Waals surface area contributed by atoms with Crippen LogP contribution in [0.4, 0.5) is 0 Å². The number of hydrogen-bond acceptors (Lipinski definition) is 0. The molecule has 0 bridgehead atoms. The van der Waals surface area contributed by atoms with E-state index in [1.54, 1.807) is 0 Å². The van der Waals surface area contributed by atoms with E-state index in [9.17, 15) is 0 Å². The molecule has 0 spiro atoms. The van der Waals surface area contributed by atoms with Gasteiger partial charge >= 0.3 is 124 Å². The molecule has 0 saturated heterocycles. The smallest absolute Gasteiger partial charge is 1.00 e. The monoisotopic (exact) mass is 469 g/mol. The maximum Gasteiger partial charge on any atom is -1.00 e. The molecule has 1 unspecified atom stereocenters. The summed E-state index contributed by atoms with van der Waals surface area (Å²) in [5, 5.41) is 0. The van der Waals surface area contributed by atoms with Crippen LogP contribution in [0.25, 0.3) is 11.6 Å². The van der Waals surface area contributed by atoms with Crippen LogP contribution in [-0.2, 0) is 24.4 Å². The van der Waals surface area contributed by atoms with Crippen molar-refractivity contribution in [3.8, 4) is 0 Å². The van der Waals surface area contributed by atoms with E-state index in [0.717, 1.165) is 0 Å². The van der Waals surface area contributed by atoms with Crippen molar-refractivity contribution < 1.29 is 49.2 Å². The van der Waals surface area contributed by atoms with Crippen molar-refractivity contribution in [3.63, 3.8) is 0 Å². The van der Waals surface area contributed by atoms with Crippen molar-refractivity contribution in [1.82, 2.24) is 0 Å². The van der Waals surface area contributed by atoms with Crippen LogP contribution < -0.4 is 24.8 Å². The molecule has 101 valence electrons. The van der Waals surface area contributed by atoms with Crippen molar-refractivity contribution in [2.75, 3.05) is 0 Å². The predicted molar refractivity (Wildman–Crippen MR) is 73.0 cm³/mol. The van der Waals surface area contributed by atoms with Gasteiger partial charge in [0.15, 0.2) is 0 Å². The third-order valence-electron chi connectivity index (χ3n) is 3.48. The van der Waals surface area contributed by atoms with Crippen LogP contribution in [0.1, 0.15) is 31.5 Å². The molecule has 2 aromatic carbocycles. The predicted octanol–water partition coefficient (Wildman–Crippen LogP) is -1.55. The van der Waals surface area contributed by atoms with Crippen LogP contribution in [-0.4, -0.2) is 0 Å². The Kier molecular flexibility index (Phi) is 6.25. The van der Waals surface area contributed by atoms with E-state index in [2.05, 4.69) is 62.4 Å². The Morgan fingerprint density at radius 1 is 0.900 bits per heavy atom. The van der Waals surface area contributed by atoms with E-state index in [-0.39, 0.29) is 24.8 Å². The Morgan fingerprint density at radius 3 is 2.10 bits per heavy atom. The molecule has 0 N–H and O–H groups in total. The summed E-state index contributed by atoms with van der Waals surface area (Å²) in [5.74, 6) is 0. The van der Waals surface area contributed by atoms with E-state index in [1.165, 1.54) is 57.8 Å². The molecule has 0 aliphatic heterocycles. The molecular formula is C17H15Cl2Hf. The third kappa shape index (κ3) is 3.27. The summed E-state index contributed by atoms with van der Waals surface area (Å²) in [7, 11) is 0. The fourth-order valence-electron chi connectivity index (χ4n) is 2.71. The molecule has 20 heavy (non-hydrogen) atoms. The number of rotatable bonds is 1. The molecule has 0 radical (unpaired) electrons. The summed E-state index contributed by atoms with van der Waals surface area (Å²) < 4.78 is 0.641. The van der Waals surface area contributed by atoms with E-state index in [0.29, 0.717) is 3.67 Å². The van der Waals surface area contributed by atoms with Crippen molar-refractivity contribution in [2.24, 2.45) is 0 Å². The van der Waals surface area contributed by atoms with Gasteiger partial charge in [0.2, 0.25) is 0 Å². The van der Waals surface area contributed by atoms with Crippen molar-refractivity contribution in [2.45, 2.75) is 17.5 Å². The SMILES string of the molecule is Cc1cc(C)cc(C2=Cc3ccccc3[CH]2[Hf+2])c1.[Cl-].[Cl-]. The second-order valence-corrected chi connectivity index (χ2v) is 7.11. The number of allylic oxidation sites excluding steroid dienone is 1. The average molecular weight is 469 g/mol. The summed E-state index contributed by atoms with van der Waals surface area (Å²) in [4.78, 5) is 0. The van der Waals surface area contributed by atoms with Crippen molar-refractivity contribution in [1.29, 1.82) is 0 Å². The van der Waals surface area contributed by atoms with E-state index >= 15 is 0 Å². The molecule has 1 atom stereocenters. The molecule has 0 heterocycles. The molecule has 0 fully saturated rings. The van der Waals surface area contributed by atoms with Gasteiger partial charge in [-0.15, -0.1) is 0 Å². The first-order chi connectivity index (χ1) is 8.65. The molecule has 1 aliphatic rings. The maximum atomic E-state index is 2.38. The summed E-state index contributed by atoms with van der Waals surface area (Å²) >= 11 is 1.17. The zero-order valence-electron chi connectivity index (χ0n) is 11.5. The number of aryl methyl sites for hydroxylation is 2. The Bertz CT molecular complexity index is 627. The van der Waals surface area contributed by atoms with E-state index in [4.69, 9.17) is 0 Å². The summed E-state index contributed by atoms with van der Waals surface area (Å²) in [6, 6.07) is 15.7. The molecule has 0 saturated carbocycles. The molecular weight excluding hydrogens is 454 g/mol. The Labute approximate surface area is 148 Å². The van der Waals surface area contributed by atoms with Crippen LogP contribution in [0, 0.1) is 13.8 Å². The van der Waals surface area contributed by atoms with Gasteiger partial charge in [-0.25, -0.2) is 0 Å². The summed E-state index contributed by atoms with van der Waals surface area (Å²) in [6.07, 6.45) is 2.38. The molecule has 0 aromatic heterocycles. The normalized spacial score (nSPS) is 15.8. The number of halogens is 2. The Morgan fingerprint density at radius 2 is 1.50 bits per heavy atom. The molecule has 1 aliphatic carbocycles. The van der Waals surface area contributed by atoms with Crippen LogP contribution in [0.5, 0.6) is 0 Å². The molecule has 3 heteroatoms. The zero-order chi connectivity index (χ0) is 12.7. The van der Waals surface area contributed by atoms with E-state index in [1.807, 2.05) is 0 Å². The second-order valence-electron chi connectivity index (χ2n) is 5.04. The van der Waals surface area contributed by atoms with Gasteiger partial charge in [-0.1, -0.05) is 0 Å². The van der Waals surface area contributed by atoms with Gasteiger partial charge < -0.3 is 24.8 Å². The van der Waals surface area contributed by atoms with Gasteiger partial charge in [-0.3, -0.25) is 0 Å². The fraction of sp³-hybridized carbons (Fsp3) is 0.176. The molecule has 0 amide bonds. The minimum atomic E-state index is 0. The minimum absolute atomic E-state index is 0. The first-order valence-corrected chi connectivity index (χ1v) is 8.33. The van der Waals surface area contributed by atoms with Crippen LogP contribution in [0.2, 0.25) is 0 Å². The van der Waals surface area contributed by atoms with Gasteiger partial charge in [-0.05, 0) is 0 Å². The third-order valence-corrected chi connectivity index (χ3v) is 5.72. The van der Waals surface area contributed by atoms with Gasteiger partial charge in [-0.2, -0.15) is 0 Å². The average Bonchev–Trinajstić information content (AvgIpc) is 2.66. The number of fused-ring (bicyclic) bond motifs is 1. The van der Waals surface area contributed by atoms with Gasteiger partial charge in [0.1, 0.15) is 0 Å². The second kappa shape index (κ2) is 7.06. The Hall–Kier alpha value is -0.370. The van der Waals surface area contributed by atoms with Gasteiger partial charge in [0.05, 0.1) is 0 Å². The first-order valence-electron chi connectivity index (χ1n) is 6.25. The van der Waals surface area contributed by atoms with E-state index < -0.39 is 0 Å².